The van der Waals surface area contributed by atoms with E-state index in [1.165, 1.54) is 16.9 Å². The molecule has 29 heavy (non-hydrogen) atoms. The lowest BCUT2D eigenvalue weighted by Crippen LogP contribution is -2.10. The average Bonchev–Trinajstić information content (AvgIpc) is 3.11. The molecule has 2 aromatic heterocycles. The van der Waals surface area contributed by atoms with Crippen molar-refractivity contribution in [3.05, 3.63) is 81.2 Å². The molecule has 2 aromatic carbocycles. The Hall–Kier alpha value is -2.78. The average molecular weight is 437 g/mol. The van der Waals surface area contributed by atoms with E-state index in [1.807, 2.05) is 0 Å². The molecule has 0 amide bonds. The van der Waals surface area contributed by atoms with Gasteiger partial charge in [0.1, 0.15) is 5.39 Å². The van der Waals surface area contributed by atoms with Gasteiger partial charge in [-0.25, -0.2) is 9.67 Å². The van der Waals surface area contributed by atoms with Gasteiger partial charge in [0.2, 0.25) is 0 Å². The van der Waals surface area contributed by atoms with Gasteiger partial charge in [0.25, 0.3) is 5.56 Å². The number of benzene rings is 2. The van der Waals surface area contributed by atoms with Gasteiger partial charge in [-0.05, 0) is 35.9 Å². The van der Waals surface area contributed by atoms with Gasteiger partial charge >= 0.3 is 6.18 Å². The predicted octanol–water partition coefficient (Wildman–Crippen LogP) is 5.07. The van der Waals surface area contributed by atoms with Gasteiger partial charge in [0.15, 0.2) is 10.8 Å². The van der Waals surface area contributed by atoms with Crippen LogP contribution in [0.2, 0.25) is 5.02 Å². The van der Waals surface area contributed by atoms with Crippen molar-refractivity contribution in [2.24, 2.45) is 0 Å². The fraction of sp³-hybridized carbons (Fsp3) is 0.105. The SMILES string of the molecule is O=c1[nH]c(SCc2cccc(C(F)(F)F)c2)nc2c1cnn2-c1ccc(Cl)cc1. The number of thioether (sulfide) groups is 1. The van der Waals surface area contributed by atoms with Crippen molar-refractivity contribution >= 4 is 34.4 Å². The molecule has 5 nitrogen and oxygen atoms in total. The second-order valence-electron chi connectivity index (χ2n) is 6.13. The van der Waals surface area contributed by atoms with Crippen LogP contribution in [-0.2, 0) is 11.9 Å². The smallest absolute Gasteiger partial charge is 0.301 e. The summed E-state index contributed by atoms with van der Waals surface area (Å²) in [6.07, 6.45) is -2.99. The minimum Gasteiger partial charge on any atom is -0.301 e. The molecule has 0 unspecified atom stereocenters. The number of H-pyrrole nitrogens is 1. The molecule has 4 aromatic rings. The highest BCUT2D eigenvalue weighted by molar-refractivity contribution is 7.98. The minimum atomic E-state index is -4.41. The van der Waals surface area contributed by atoms with Crippen LogP contribution in [0, 0.1) is 0 Å². The summed E-state index contributed by atoms with van der Waals surface area (Å²) >= 11 is 7.04. The third kappa shape index (κ3) is 4.15. The van der Waals surface area contributed by atoms with Crippen molar-refractivity contribution in [1.82, 2.24) is 19.7 Å². The van der Waals surface area contributed by atoms with E-state index >= 15 is 0 Å². The maximum atomic E-state index is 12.9. The molecule has 0 aliphatic heterocycles. The van der Waals surface area contributed by atoms with Crippen molar-refractivity contribution in [2.45, 2.75) is 17.1 Å². The highest BCUT2D eigenvalue weighted by Gasteiger charge is 2.30. The molecular weight excluding hydrogens is 425 g/mol. The molecule has 4 rings (SSSR count). The molecule has 0 saturated heterocycles. The van der Waals surface area contributed by atoms with Crippen molar-refractivity contribution in [1.29, 1.82) is 0 Å². The highest BCUT2D eigenvalue weighted by Crippen LogP contribution is 2.31. The number of nitrogens with zero attached hydrogens (tertiary/aromatic N) is 3. The largest absolute Gasteiger partial charge is 0.416 e. The van der Waals surface area contributed by atoms with Crippen LogP contribution in [-0.4, -0.2) is 19.7 Å². The molecule has 2 heterocycles. The van der Waals surface area contributed by atoms with Crippen LogP contribution in [0.3, 0.4) is 0 Å². The van der Waals surface area contributed by atoms with E-state index in [2.05, 4.69) is 15.1 Å². The molecule has 0 radical (unpaired) electrons. The Balaban J connectivity index is 1.64. The summed E-state index contributed by atoms with van der Waals surface area (Å²) in [5, 5.41) is 5.37. The zero-order valence-electron chi connectivity index (χ0n) is 14.6. The Labute approximate surface area is 171 Å². The van der Waals surface area contributed by atoms with E-state index in [0.29, 0.717) is 27.3 Å². The second-order valence-corrected chi connectivity index (χ2v) is 7.53. The molecule has 0 saturated carbocycles. The van der Waals surface area contributed by atoms with Gasteiger partial charge in [-0.1, -0.05) is 41.6 Å². The van der Waals surface area contributed by atoms with Crippen LogP contribution in [0.4, 0.5) is 13.2 Å². The Morgan fingerprint density at radius 3 is 2.62 bits per heavy atom. The van der Waals surface area contributed by atoms with Gasteiger partial charge in [0.05, 0.1) is 17.4 Å². The van der Waals surface area contributed by atoms with Gasteiger partial charge in [0, 0.05) is 10.8 Å². The number of rotatable bonds is 4. The monoisotopic (exact) mass is 436 g/mol. The summed E-state index contributed by atoms with van der Waals surface area (Å²) in [4.78, 5) is 19.4. The molecule has 0 bridgehead atoms. The van der Waals surface area contributed by atoms with Gasteiger partial charge in [-0.2, -0.15) is 18.3 Å². The summed E-state index contributed by atoms with van der Waals surface area (Å²) in [5.74, 6) is 0.216. The maximum absolute atomic E-state index is 12.9. The normalized spacial score (nSPS) is 11.9. The van der Waals surface area contributed by atoms with Crippen molar-refractivity contribution < 1.29 is 13.2 Å². The van der Waals surface area contributed by atoms with Crippen molar-refractivity contribution in [3.63, 3.8) is 0 Å². The summed E-state index contributed by atoms with van der Waals surface area (Å²) in [6.45, 7) is 0. The molecule has 0 atom stereocenters. The van der Waals surface area contributed by atoms with Crippen LogP contribution in [0.15, 0.2) is 64.7 Å². The van der Waals surface area contributed by atoms with Crippen LogP contribution < -0.4 is 5.56 Å². The number of halogens is 4. The molecule has 10 heteroatoms. The minimum absolute atomic E-state index is 0.216. The lowest BCUT2D eigenvalue weighted by Gasteiger charge is -2.08. The van der Waals surface area contributed by atoms with E-state index in [-0.39, 0.29) is 16.5 Å². The summed E-state index contributed by atoms with van der Waals surface area (Å²) in [5.41, 5.74) is 0.410. The molecular formula is C19H12ClF3N4OS. The van der Waals surface area contributed by atoms with E-state index in [0.717, 1.165) is 23.9 Å². The first-order valence-corrected chi connectivity index (χ1v) is 9.70. The first kappa shape index (κ1) is 19.5. The molecule has 0 aliphatic carbocycles. The topological polar surface area (TPSA) is 63.6 Å². The van der Waals surface area contributed by atoms with Gasteiger partial charge < -0.3 is 4.98 Å². The number of aromatic amines is 1. The fourth-order valence-corrected chi connectivity index (χ4v) is 3.65. The third-order valence-corrected chi connectivity index (χ3v) is 5.31. The van der Waals surface area contributed by atoms with E-state index < -0.39 is 11.7 Å². The number of fused-ring (bicyclic) bond motifs is 1. The van der Waals surface area contributed by atoms with Crippen LogP contribution in [0.1, 0.15) is 11.1 Å². The fourth-order valence-electron chi connectivity index (χ4n) is 2.73. The predicted molar refractivity (Wildman–Crippen MR) is 106 cm³/mol. The first-order chi connectivity index (χ1) is 13.8. The molecule has 1 N–H and O–H groups in total. The second kappa shape index (κ2) is 7.57. The van der Waals surface area contributed by atoms with Gasteiger partial charge in [-0.3, -0.25) is 4.79 Å². The molecule has 0 aliphatic rings. The number of alkyl halides is 3. The highest BCUT2D eigenvalue weighted by atomic mass is 35.5. The number of hydrogen-bond donors (Lipinski definition) is 1. The first-order valence-electron chi connectivity index (χ1n) is 8.34. The zero-order valence-corrected chi connectivity index (χ0v) is 16.1. The Bertz CT molecular complexity index is 1230. The maximum Gasteiger partial charge on any atom is 0.416 e. The standard InChI is InChI=1S/C19H12ClF3N4OS/c20-13-4-6-14(7-5-13)27-16-15(9-24-27)17(28)26-18(25-16)29-10-11-2-1-3-12(8-11)19(21,22)23/h1-9H,10H2,(H,25,26,28). The third-order valence-electron chi connectivity index (χ3n) is 4.12. The summed E-state index contributed by atoms with van der Waals surface area (Å²) in [7, 11) is 0. The number of aromatic nitrogens is 4. The Morgan fingerprint density at radius 1 is 1.14 bits per heavy atom. The van der Waals surface area contributed by atoms with Crippen molar-refractivity contribution in [2.75, 3.05) is 0 Å². The van der Waals surface area contributed by atoms with E-state index in [1.54, 1.807) is 30.3 Å². The quantitative estimate of drug-likeness (QED) is 0.358. The lowest BCUT2D eigenvalue weighted by molar-refractivity contribution is -0.137. The Kier molecular flexibility index (Phi) is 5.10. The Morgan fingerprint density at radius 2 is 1.90 bits per heavy atom. The van der Waals surface area contributed by atoms with Crippen LogP contribution >= 0.6 is 23.4 Å². The van der Waals surface area contributed by atoms with E-state index in [4.69, 9.17) is 11.6 Å². The molecule has 148 valence electrons. The zero-order chi connectivity index (χ0) is 20.6. The lowest BCUT2D eigenvalue weighted by atomic mass is 10.1. The summed E-state index contributed by atoms with van der Waals surface area (Å²) in [6, 6.07) is 11.9. The van der Waals surface area contributed by atoms with Gasteiger partial charge in [-0.15, -0.1) is 0 Å². The van der Waals surface area contributed by atoms with Crippen LogP contribution in [0.5, 0.6) is 0 Å². The molecule has 0 fully saturated rings. The molecule has 0 spiro atoms. The number of nitrogens with one attached hydrogen (secondary N) is 1. The van der Waals surface area contributed by atoms with Crippen LogP contribution in [0.25, 0.3) is 16.7 Å². The van der Waals surface area contributed by atoms with Crippen molar-refractivity contribution in [3.8, 4) is 5.69 Å². The van der Waals surface area contributed by atoms with E-state index in [9.17, 15) is 18.0 Å². The number of hydrogen-bond acceptors (Lipinski definition) is 4. The summed E-state index contributed by atoms with van der Waals surface area (Å²) < 4.78 is 40.1.